The third-order valence-corrected chi connectivity index (χ3v) is 4.27. The van der Waals surface area contributed by atoms with Crippen LogP contribution in [0.3, 0.4) is 0 Å². The van der Waals surface area contributed by atoms with Gasteiger partial charge in [-0.15, -0.1) is 0 Å². The molecule has 0 aromatic heterocycles. The fourth-order valence-electron chi connectivity index (χ4n) is 2.77. The summed E-state index contributed by atoms with van der Waals surface area (Å²) in [5.41, 5.74) is 0.840. The van der Waals surface area contributed by atoms with E-state index in [1.54, 1.807) is 24.3 Å². The van der Waals surface area contributed by atoms with Gasteiger partial charge in [0.1, 0.15) is 17.3 Å². The molecule has 0 radical (unpaired) electrons. The van der Waals surface area contributed by atoms with Gasteiger partial charge in [0.05, 0.1) is 26.5 Å². The number of methoxy groups -OCH3 is 2. The second-order valence-corrected chi connectivity index (χ2v) is 6.10. The van der Waals surface area contributed by atoms with Crippen molar-refractivity contribution in [3.63, 3.8) is 0 Å². The van der Waals surface area contributed by atoms with Crippen LogP contribution in [0.25, 0.3) is 0 Å². The molecule has 3 rings (SSSR count). The third-order valence-electron chi connectivity index (χ3n) is 4.27. The van der Waals surface area contributed by atoms with Crippen LogP contribution in [-0.4, -0.2) is 38.3 Å². The van der Waals surface area contributed by atoms with Gasteiger partial charge in [-0.05, 0) is 29.8 Å². The number of halogens is 1. The number of nitrogens with one attached hydrogen (secondary N) is 1. The van der Waals surface area contributed by atoms with Crippen molar-refractivity contribution in [3.05, 3.63) is 53.8 Å². The number of barbiturate groups is 1. The molecule has 9 heteroatoms. The van der Waals surface area contributed by atoms with Crippen molar-refractivity contribution in [1.82, 2.24) is 5.32 Å². The summed E-state index contributed by atoms with van der Waals surface area (Å²) >= 11 is 0. The highest BCUT2D eigenvalue weighted by Gasteiger charge is 2.41. The first-order valence-electron chi connectivity index (χ1n) is 8.59. The number of imide groups is 2. The maximum absolute atomic E-state index is 13.0. The van der Waals surface area contributed by atoms with E-state index >= 15 is 0 Å². The van der Waals surface area contributed by atoms with Gasteiger partial charge in [-0.3, -0.25) is 19.9 Å². The summed E-state index contributed by atoms with van der Waals surface area (Å²) in [7, 11) is 2.84. The average Bonchev–Trinajstić information content (AvgIpc) is 2.71. The molecule has 1 N–H and O–H groups in total. The van der Waals surface area contributed by atoms with Crippen molar-refractivity contribution in [3.8, 4) is 11.5 Å². The summed E-state index contributed by atoms with van der Waals surface area (Å²) in [5.74, 6) is -2.57. The number of hydrogen-bond donors (Lipinski definition) is 1. The number of ether oxygens (including phenoxy) is 2. The molecule has 1 atom stereocenters. The molecule has 0 spiro atoms. The van der Waals surface area contributed by atoms with Crippen LogP contribution in [0.15, 0.2) is 47.5 Å². The molecule has 0 aliphatic carbocycles. The van der Waals surface area contributed by atoms with E-state index in [0.717, 1.165) is 4.90 Å². The fraction of sp³-hybridized carbons (Fsp3) is 0.200. The smallest absolute Gasteiger partial charge is 0.335 e. The SMILES string of the molecule is COc1ccc(OC)c(N2C(=O)NC(=O)[C@@H](C=NCc3ccc(F)cc3)C2=O)c1. The average molecular weight is 399 g/mol. The topological polar surface area (TPSA) is 97.3 Å². The normalized spacial score (nSPS) is 16.9. The van der Waals surface area contributed by atoms with Gasteiger partial charge in [-0.25, -0.2) is 14.1 Å². The molecule has 1 aliphatic heterocycles. The molecule has 4 amide bonds. The minimum Gasteiger partial charge on any atom is -0.497 e. The quantitative estimate of drug-likeness (QED) is 0.594. The first-order valence-corrected chi connectivity index (χ1v) is 8.59. The first-order chi connectivity index (χ1) is 13.9. The molecule has 1 fully saturated rings. The zero-order valence-electron chi connectivity index (χ0n) is 15.7. The Morgan fingerprint density at radius 1 is 1.10 bits per heavy atom. The highest BCUT2D eigenvalue weighted by atomic mass is 19.1. The first kappa shape index (κ1) is 20.0. The minimum atomic E-state index is -1.30. The molecule has 1 saturated heterocycles. The lowest BCUT2D eigenvalue weighted by atomic mass is 10.1. The molecular formula is C20H18FN3O5. The second kappa shape index (κ2) is 8.51. The molecule has 0 bridgehead atoms. The van der Waals surface area contributed by atoms with Crippen molar-refractivity contribution in [1.29, 1.82) is 0 Å². The number of carbonyl (C=O) groups is 3. The van der Waals surface area contributed by atoms with Crippen molar-refractivity contribution < 1.29 is 28.2 Å². The number of amides is 4. The largest absolute Gasteiger partial charge is 0.497 e. The number of hydrogen-bond acceptors (Lipinski definition) is 6. The monoisotopic (exact) mass is 399 g/mol. The van der Waals surface area contributed by atoms with Crippen molar-refractivity contribution in [2.24, 2.45) is 10.9 Å². The van der Waals surface area contributed by atoms with Crippen molar-refractivity contribution in [2.75, 3.05) is 19.1 Å². The second-order valence-electron chi connectivity index (χ2n) is 6.10. The van der Waals surface area contributed by atoms with Gasteiger partial charge < -0.3 is 9.47 Å². The molecule has 1 heterocycles. The van der Waals surface area contributed by atoms with Crippen LogP contribution in [0, 0.1) is 11.7 Å². The number of benzene rings is 2. The van der Waals surface area contributed by atoms with Gasteiger partial charge in [0.25, 0.3) is 5.91 Å². The lowest BCUT2D eigenvalue weighted by Gasteiger charge is -2.29. The summed E-state index contributed by atoms with van der Waals surface area (Å²) < 4.78 is 23.3. The van der Waals surface area contributed by atoms with E-state index in [-0.39, 0.29) is 23.8 Å². The number of urea groups is 1. The Morgan fingerprint density at radius 2 is 1.83 bits per heavy atom. The fourth-order valence-corrected chi connectivity index (χ4v) is 2.77. The highest BCUT2D eigenvalue weighted by Crippen LogP contribution is 2.34. The molecular weight excluding hydrogens is 381 g/mol. The Morgan fingerprint density at radius 3 is 2.48 bits per heavy atom. The molecule has 1 aliphatic rings. The van der Waals surface area contributed by atoms with E-state index < -0.39 is 23.8 Å². The van der Waals surface area contributed by atoms with Crippen molar-refractivity contribution in [2.45, 2.75) is 6.54 Å². The molecule has 0 unspecified atom stereocenters. The van der Waals surface area contributed by atoms with Crippen LogP contribution >= 0.6 is 0 Å². The third kappa shape index (κ3) is 4.23. The predicted octanol–water partition coefficient (Wildman–Crippen LogP) is 2.31. The van der Waals surface area contributed by atoms with Gasteiger partial charge in [0, 0.05) is 12.3 Å². The van der Waals surface area contributed by atoms with Gasteiger partial charge >= 0.3 is 6.03 Å². The van der Waals surface area contributed by atoms with Crippen molar-refractivity contribution >= 4 is 29.7 Å². The van der Waals surface area contributed by atoms with Crippen LogP contribution < -0.4 is 19.7 Å². The molecule has 8 nitrogen and oxygen atoms in total. The van der Waals surface area contributed by atoms with E-state index in [1.165, 1.54) is 38.6 Å². The maximum Gasteiger partial charge on any atom is 0.335 e. The Bertz CT molecular complexity index is 975. The van der Waals surface area contributed by atoms with Crippen LogP contribution in [0.2, 0.25) is 0 Å². The summed E-state index contributed by atoms with van der Waals surface area (Å²) in [5, 5.41) is 2.14. The summed E-state index contributed by atoms with van der Waals surface area (Å²) in [6, 6.07) is 9.40. The predicted molar refractivity (Wildman–Crippen MR) is 103 cm³/mol. The van der Waals surface area contributed by atoms with E-state index in [1.807, 2.05) is 0 Å². The van der Waals surface area contributed by atoms with Gasteiger partial charge in [-0.2, -0.15) is 0 Å². The highest BCUT2D eigenvalue weighted by molar-refractivity contribution is 6.33. The number of anilines is 1. The van der Waals surface area contributed by atoms with Gasteiger partial charge in [0.15, 0.2) is 5.92 Å². The van der Waals surface area contributed by atoms with E-state index in [0.29, 0.717) is 11.3 Å². The van der Waals surface area contributed by atoms with Crippen LogP contribution in [0.5, 0.6) is 11.5 Å². The Hall–Kier alpha value is -3.75. The summed E-state index contributed by atoms with van der Waals surface area (Å²) in [6.07, 6.45) is 1.17. The number of rotatable bonds is 6. The van der Waals surface area contributed by atoms with E-state index in [2.05, 4.69) is 10.3 Å². The van der Waals surface area contributed by atoms with Gasteiger partial charge in [0.2, 0.25) is 5.91 Å². The minimum absolute atomic E-state index is 0.138. The number of carbonyl (C=O) groups excluding carboxylic acids is 3. The van der Waals surface area contributed by atoms with Gasteiger partial charge in [-0.1, -0.05) is 12.1 Å². The van der Waals surface area contributed by atoms with E-state index in [4.69, 9.17) is 9.47 Å². The Kier molecular flexibility index (Phi) is 5.87. The lowest BCUT2D eigenvalue weighted by Crippen LogP contribution is -2.58. The molecule has 29 heavy (non-hydrogen) atoms. The van der Waals surface area contributed by atoms with Crippen LogP contribution in [-0.2, 0) is 16.1 Å². The molecule has 2 aromatic rings. The summed E-state index contributed by atoms with van der Waals surface area (Å²) in [4.78, 5) is 42.4. The lowest BCUT2D eigenvalue weighted by molar-refractivity contribution is -0.131. The Balaban J connectivity index is 1.86. The summed E-state index contributed by atoms with van der Waals surface area (Å²) in [6.45, 7) is 0.147. The van der Waals surface area contributed by atoms with E-state index in [9.17, 15) is 18.8 Å². The van der Waals surface area contributed by atoms with Crippen LogP contribution in [0.1, 0.15) is 5.56 Å². The number of aliphatic imine (C=N–C) groups is 1. The Labute approximate surface area is 165 Å². The zero-order chi connectivity index (χ0) is 21.0. The maximum atomic E-state index is 13.0. The zero-order valence-corrected chi connectivity index (χ0v) is 15.7. The molecule has 150 valence electrons. The molecule has 0 saturated carbocycles. The van der Waals surface area contributed by atoms with Crippen LogP contribution in [0.4, 0.5) is 14.9 Å². The molecule has 2 aromatic carbocycles. The standard InChI is InChI=1S/C20H18FN3O5/c1-28-14-7-8-17(29-2)16(9-14)24-19(26)15(18(25)23-20(24)27)11-22-10-12-3-5-13(21)6-4-12/h3-9,11,15H,10H2,1-2H3,(H,23,25,27)/t15-/m1/s1. The number of nitrogens with zero attached hydrogens (tertiary/aromatic N) is 2.